The molecule has 0 saturated heterocycles. The molecule has 4 fully saturated rings. The molecule has 0 radical (unpaired) electrons. The average molecular weight is 483 g/mol. The summed E-state index contributed by atoms with van der Waals surface area (Å²) >= 11 is 6.13. The number of hydrogen-bond acceptors (Lipinski definition) is 4. The van der Waals surface area contributed by atoms with Gasteiger partial charge in [0.25, 0.3) is 0 Å². The van der Waals surface area contributed by atoms with E-state index in [0.29, 0.717) is 36.3 Å². The molecule has 0 heterocycles. The Kier molecular flexibility index (Phi) is 6.56. The molecule has 34 heavy (non-hydrogen) atoms. The number of rotatable bonds is 3. The Morgan fingerprint density at radius 1 is 0.588 bits per heavy atom. The lowest BCUT2D eigenvalue weighted by atomic mass is 9.55. The molecule has 4 aliphatic rings. The molecule has 4 saturated carbocycles. The van der Waals surface area contributed by atoms with Crippen LogP contribution in [0.1, 0.15) is 101 Å². The lowest BCUT2D eigenvalue weighted by Crippen LogP contribution is -2.50. The van der Waals surface area contributed by atoms with E-state index in [9.17, 15) is 19.2 Å². The van der Waals surface area contributed by atoms with Gasteiger partial charge in [-0.05, 0) is 54.2 Å². The predicted octanol–water partition coefficient (Wildman–Crippen LogP) is 6.42. The number of carbonyl (C=O) groups excluding carboxylic acids is 4. The van der Waals surface area contributed by atoms with E-state index in [-0.39, 0.29) is 34.0 Å². The zero-order chi connectivity index (χ0) is 23.9. The van der Waals surface area contributed by atoms with Gasteiger partial charge in [-0.15, -0.1) is 0 Å². The van der Waals surface area contributed by atoms with Crippen molar-refractivity contribution < 1.29 is 19.2 Å². The van der Waals surface area contributed by atoms with Crippen molar-refractivity contribution in [1.29, 1.82) is 0 Å². The Morgan fingerprint density at radius 3 is 1.29 bits per heavy atom. The number of carbonyl (C=O) groups is 4. The predicted molar refractivity (Wildman–Crippen MR) is 131 cm³/mol. The van der Waals surface area contributed by atoms with Gasteiger partial charge in [0.1, 0.15) is 23.1 Å². The normalized spacial score (nSPS) is 28.4. The molecule has 0 unspecified atom stereocenters. The summed E-state index contributed by atoms with van der Waals surface area (Å²) in [4.78, 5) is 54.6. The van der Waals surface area contributed by atoms with E-state index in [1.807, 2.05) is 0 Å². The fourth-order valence-corrected chi connectivity index (χ4v) is 7.90. The van der Waals surface area contributed by atoms with E-state index in [1.165, 1.54) is 0 Å². The molecule has 5 heteroatoms. The van der Waals surface area contributed by atoms with Crippen molar-refractivity contribution in [1.82, 2.24) is 0 Å². The van der Waals surface area contributed by atoms with Gasteiger partial charge in [-0.3, -0.25) is 19.2 Å². The highest BCUT2D eigenvalue weighted by Gasteiger charge is 2.55. The van der Waals surface area contributed by atoms with E-state index in [1.54, 1.807) is 24.3 Å². The van der Waals surface area contributed by atoms with E-state index in [4.69, 9.17) is 11.6 Å². The number of hydrogen-bond donors (Lipinski definition) is 0. The molecule has 1 aromatic rings. The second-order valence-corrected chi connectivity index (χ2v) is 12.2. The number of Topliss-reactive ketones (excluding diaryl/α,β-unsaturated/α-hetero) is 4. The summed E-state index contributed by atoms with van der Waals surface area (Å²) in [5.41, 5.74) is 0.294. The SMILES string of the molecule is O=C1CC2(CCCCC2)CC(=O)C1C(c1ccc(Cl)cc1)C1C(=O)CC2(CCCCC2)CC1=O. The van der Waals surface area contributed by atoms with Crippen LogP contribution >= 0.6 is 11.6 Å². The zero-order valence-electron chi connectivity index (χ0n) is 20.0. The van der Waals surface area contributed by atoms with Crippen LogP contribution < -0.4 is 0 Å². The van der Waals surface area contributed by atoms with Crippen LogP contribution in [0.25, 0.3) is 0 Å². The molecule has 0 amide bonds. The van der Waals surface area contributed by atoms with E-state index >= 15 is 0 Å². The summed E-state index contributed by atoms with van der Waals surface area (Å²) in [6, 6.07) is 7.05. The molecule has 0 atom stereocenters. The third-order valence-electron chi connectivity index (χ3n) is 9.39. The minimum Gasteiger partial charge on any atom is -0.299 e. The van der Waals surface area contributed by atoms with Gasteiger partial charge in [0.15, 0.2) is 0 Å². The van der Waals surface area contributed by atoms with Gasteiger partial charge in [0, 0.05) is 36.6 Å². The first-order valence-electron chi connectivity index (χ1n) is 13.2. The van der Waals surface area contributed by atoms with Gasteiger partial charge in [-0.1, -0.05) is 62.3 Å². The number of benzene rings is 1. The molecule has 182 valence electrons. The van der Waals surface area contributed by atoms with Gasteiger partial charge >= 0.3 is 0 Å². The van der Waals surface area contributed by atoms with Crippen LogP contribution in [0.4, 0.5) is 0 Å². The highest BCUT2D eigenvalue weighted by Crippen LogP contribution is 2.53. The molecule has 2 spiro atoms. The average Bonchev–Trinajstić information content (AvgIpc) is 2.79. The van der Waals surface area contributed by atoms with Crippen LogP contribution in [0.15, 0.2) is 24.3 Å². The van der Waals surface area contributed by atoms with Crippen molar-refractivity contribution >= 4 is 34.7 Å². The van der Waals surface area contributed by atoms with Gasteiger partial charge in [-0.2, -0.15) is 0 Å². The van der Waals surface area contributed by atoms with Crippen molar-refractivity contribution in [2.24, 2.45) is 22.7 Å². The second kappa shape index (κ2) is 9.33. The highest BCUT2D eigenvalue weighted by atomic mass is 35.5. The maximum Gasteiger partial charge on any atom is 0.144 e. The largest absolute Gasteiger partial charge is 0.299 e. The Balaban J connectivity index is 1.49. The summed E-state index contributed by atoms with van der Waals surface area (Å²) in [7, 11) is 0. The minimum atomic E-state index is -0.910. The summed E-state index contributed by atoms with van der Waals surface area (Å²) in [5, 5.41) is 0.549. The summed E-state index contributed by atoms with van der Waals surface area (Å²) in [6.45, 7) is 0. The fraction of sp³-hybridized carbons (Fsp3) is 0.655. The van der Waals surface area contributed by atoms with Gasteiger partial charge in [-0.25, -0.2) is 0 Å². The summed E-state index contributed by atoms with van der Waals surface area (Å²) < 4.78 is 0. The molecular formula is C29H35ClO4. The highest BCUT2D eigenvalue weighted by molar-refractivity contribution is 6.30. The Morgan fingerprint density at radius 2 is 0.941 bits per heavy atom. The van der Waals surface area contributed by atoms with Crippen molar-refractivity contribution in [3.63, 3.8) is 0 Å². The maximum atomic E-state index is 13.6. The maximum absolute atomic E-state index is 13.6. The smallest absolute Gasteiger partial charge is 0.144 e. The van der Waals surface area contributed by atoms with Gasteiger partial charge in [0.05, 0.1) is 11.8 Å². The lowest BCUT2D eigenvalue weighted by Gasteiger charge is -2.46. The quantitative estimate of drug-likeness (QED) is 0.466. The second-order valence-electron chi connectivity index (χ2n) is 11.7. The Hall–Kier alpha value is -1.81. The summed E-state index contributed by atoms with van der Waals surface area (Å²) in [6.07, 6.45) is 11.8. The van der Waals surface area contributed by atoms with E-state index < -0.39 is 17.8 Å². The molecule has 0 bridgehead atoms. The minimum absolute atomic E-state index is 0.0725. The van der Waals surface area contributed by atoms with Crippen molar-refractivity contribution in [2.45, 2.75) is 95.8 Å². The van der Waals surface area contributed by atoms with Crippen LogP contribution in [0.3, 0.4) is 0 Å². The molecule has 5 rings (SSSR count). The van der Waals surface area contributed by atoms with Crippen LogP contribution in [-0.4, -0.2) is 23.1 Å². The molecular weight excluding hydrogens is 448 g/mol. The first-order valence-corrected chi connectivity index (χ1v) is 13.6. The number of halogens is 1. The molecule has 0 aliphatic heterocycles. The lowest BCUT2D eigenvalue weighted by molar-refractivity contribution is -0.147. The monoisotopic (exact) mass is 482 g/mol. The first-order chi connectivity index (χ1) is 16.3. The van der Waals surface area contributed by atoms with Crippen LogP contribution in [0.5, 0.6) is 0 Å². The van der Waals surface area contributed by atoms with E-state index in [2.05, 4.69) is 0 Å². The van der Waals surface area contributed by atoms with E-state index in [0.717, 1.165) is 64.2 Å². The van der Waals surface area contributed by atoms with Gasteiger partial charge < -0.3 is 0 Å². The Labute approximate surface area is 207 Å². The van der Waals surface area contributed by atoms with Gasteiger partial charge in [0.2, 0.25) is 0 Å². The van der Waals surface area contributed by atoms with Crippen molar-refractivity contribution in [2.75, 3.05) is 0 Å². The molecule has 4 aliphatic carbocycles. The topological polar surface area (TPSA) is 68.3 Å². The molecule has 4 nitrogen and oxygen atoms in total. The Bertz CT molecular complexity index is 884. The third kappa shape index (κ3) is 4.43. The van der Waals surface area contributed by atoms with Crippen LogP contribution in [0, 0.1) is 22.7 Å². The standard InChI is InChI=1S/C29H35ClO4/c30-20-9-7-19(8-10-20)25(26-21(31)15-28(16-22(26)32)11-3-1-4-12-28)27-23(33)17-29(18-24(27)34)13-5-2-6-14-29/h7-10,25-27H,1-6,11-18H2. The molecule has 1 aromatic carbocycles. The van der Waals surface area contributed by atoms with Crippen molar-refractivity contribution in [3.8, 4) is 0 Å². The molecule has 0 N–H and O–H groups in total. The molecule has 0 aromatic heterocycles. The zero-order valence-corrected chi connectivity index (χ0v) is 20.7. The van der Waals surface area contributed by atoms with Crippen LogP contribution in [0.2, 0.25) is 5.02 Å². The fourth-order valence-electron chi connectivity index (χ4n) is 7.78. The number of ketones is 4. The third-order valence-corrected chi connectivity index (χ3v) is 9.64. The summed E-state index contributed by atoms with van der Waals surface area (Å²) in [5.74, 6) is -2.82. The first kappa shape index (κ1) is 23.9. The van der Waals surface area contributed by atoms with Crippen LogP contribution in [-0.2, 0) is 19.2 Å². The van der Waals surface area contributed by atoms with Crippen molar-refractivity contribution in [3.05, 3.63) is 34.9 Å².